The summed E-state index contributed by atoms with van der Waals surface area (Å²) in [5.74, 6) is 0.199. The fourth-order valence-electron chi connectivity index (χ4n) is 2.82. The summed E-state index contributed by atoms with van der Waals surface area (Å²) in [6, 6.07) is 17.5. The monoisotopic (exact) mass is 363 g/mol. The Morgan fingerprint density at radius 2 is 1.71 bits per heavy atom. The van der Waals surface area contributed by atoms with Crippen molar-refractivity contribution < 1.29 is 8.42 Å². The zero-order valence-corrected chi connectivity index (χ0v) is 13.7. The van der Waals surface area contributed by atoms with E-state index >= 15 is 0 Å². The molecule has 5 heteroatoms. The van der Waals surface area contributed by atoms with Crippen molar-refractivity contribution in [3.8, 4) is 0 Å². The quantitative estimate of drug-likeness (QED) is 0.762. The number of hydrogen-bond acceptors (Lipinski definition) is 2. The third-order valence-corrected chi connectivity index (χ3v) is 8.17. The van der Waals surface area contributed by atoms with Crippen LogP contribution < -0.4 is 4.46 Å². The number of fused-ring (bicyclic) bond motifs is 4. The first-order valence-electron chi connectivity index (χ1n) is 6.73. The molecule has 106 valence electrons. The molecule has 0 amide bonds. The van der Waals surface area contributed by atoms with Gasteiger partial charge in [-0.15, -0.1) is 0 Å². The van der Waals surface area contributed by atoms with E-state index in [0.717, 1.165) is 10.2 Å². The maximum absolute atomic E-state index is 12.8. The van der Waals surface area contributed by atoms with E-state index in [1.165, 1.54) is 4.46 Å². The van der Waals surface area contributed by atoms with Gasteiger partial charge in [0.1, 0.15) is 0 Å². The zero-order valence-electron chi connectivity index (χ0n) is 11.1. The van der Waals surface area contributed by atoms with E-state index in [0.29, 0.717) is 11.4 Å². The van der Waals surface area contributed by atoms with Crippen LogP contribution in [0, 0.1) is 0 Å². The Labute approximate surface area is 130 Å². The normalized spacial score (nSPS) is 21.8. The molecule has 0 radical (unpaired) electrons. The minimum absolute atomic E-state index is 0.0190. The van der Waals surface area contributed by atoms with Gasteiger partial charge in [0.05, 0.1) is 0 Å². The molecule has 2 aromatic carbocycles. The summed E-state index contributed by atoms with van der Waals surface area (Å²) in [4.78, 5) is 0.469. The number of hydrogen-bond donors (Lipinski definition) is 0. The molecule has 2 aromatic rings. The zero-order chi connectivity index (χ0) is 14.4. The van der Waals surface area contributed by atoms with Crippen LogP contribution in [0.25, 0.3) is 0 Å². The Kier molecular flexibility index (Phi) is 2.96. The van der Waals surface area contributed by atoms with Crippen LogP contribution >= 0.6 is 0 Å². The second-order valence-corrected chi connectivity index (χ2v) is 9.23. The van der Waals surface area contributed by atoms with Gasteiger partial charge in [-0.3, -0.25) is 0 Å². The number of nitrogens with zero attached hydrogens (tertiary/aromatic N) is 1. The number of benzene rings is 2. The van der Waals surface area contributed by atoms with Gasteiger partial charge >= 0.3 is 130 Å². The van der Waals surface area contributed by atoms with Gasteiger partial charge in [0.25, 0.3) is 0 Å². The van der Waals surface area contributed by atoms with Gasteiger partial charge < -0.3 is 0 Å². The standard InChI is InChI=1S/C16H13NO2SSe/c18-20(19)15-9-5-4-8-14(15)12-10-16(17(20)11-12)21-13-6-2-1-3-7-13/h1-10,12H,11H2/t12-/m1/s1. The fraction of sp³-hybridized carbons (Fsp3) is 0.125. The van der Waals surface area contributed by atoms with Gasteiger partial charge in [0.2, 0.25) is 0 Å². The summed E-state index contributed by atoms with van der Waals surface area (Å²) in [5, 5.41) is 0. The van der Waals surface area contributed by atoms with Gasteiger partial charge in [0, 0.05) is 0 Å². The van der Waals surface area contributed by atoms with Gasteiger partial charge in [0.15, 0.2) is 0 Å². The number of rotatable bonds is 2. The summed E-state index contributed by atoms with van der Waals surface area (Å²) in [5.41, 5.74) is 0.938. The van der Waals surface area contributed by atoms with Crippen molar-refractivity contribution >= 4 is 29.4 Å². The Bertz CT molecular complexity index is 830. The molecule has 1 atom stereocenters. The molecule has 0 unspecified atom stereocenters. The van der Waals surface area contributed by atoms with Crippen LogP contribution in [0.15, 0.2) is 70.2 Å². The fourth-order valence-corrected chi connectivity index (χ4v) is 7.27. The van der Waals surface area contributed by atoms with Crippen molar-refractivity contribution in [1.29, 1.82) is 0 Å². The molecule has 0 spiro atoms. The van der Waals surface area contributed by atoms with E-state index in [-0.39, 0.29) is 20.9 Å². The third-order valence-electron chi connectivity index (χ3n) is 3.80. The molecule has 2 aliphatic heterocycles. The molecule has 2 heterocycles. The van der Waals surface area contributed by atoms with E-state index in [1.54, 1.807) is 16.4 Å². The van der Waals surface area contributed by atoms with Crippen LogP contribution in [-0.2, 0) is 10.0 Å². The molecular weight excluding hydrogens is 349 g/mol. The Morgan fingerprint density at radius 3 is 2.52 bits per heavy atom. The van der Waals surface area contributed by atoms with E-state index < -0.39 is 10.0 Å². The molecule has 0 fully saturated rings. The summed E-state index contributed by atoms with van der Waals surface area (Å²) in [7, 11) is -3.38. The first-order chi connectivity index (χ1) is 10.2. The second-order valence-electron chi connectivity index (χ2n) is 5.10. The van der Waals surface area contributed by atoms with Crippen molar-refractivity contribution in [1.82, 2.24) is 4.31 Å². The van der Waals surface area contributed by atoms with Gasteiger partial charge in [-0.25, -0.2) is 0 Å². The van der Waals surface area contributed by atoms with Crippen molar-refractivity contribution in [2.45, 2.75) is 10.8 Å². The molecular formula is C16H13NO2SSe. The third kappa shape index (κ3) is 2.04. The SMILES string of the molecule is O=S1(=O)c2ccccc2[C@@H]2C=C([Se]c3ccccc3)N1C2. The molecule has 0 N–H and O–H groups in total. The summed E-state index contributed by atoms with van der Waals surface area (Å²) < 4.78 is 29.3. The van der Waals surface area contributed by atoms with Crippen molar-refractivity contribution in [3.05, 3.63) is 70.8 Å². The minimum atomic E-state index is -3.38. The Morgan fingerprint density at radius 1 is 1.00 bits per heavy atom. The molecule has 2 bridgehead atoms. The van der Waals surface area contributed by atoms with Crippen LogP contribution in [0.3, 0.4) is 0 Å². The van der Waals surface area contributed by atoms with Gasteiger partial charge in [-0.2, -0.15) is 0 Å². The Balaban J connectivity index is 1.77. The average Bonchev–Trinajstić information content (AvgIpc) is 2.89. The van der Waals surface area contributed by atoms with Crippen LogP contribution in [0.2, 0.25) is 0 Å². The predicted octanol–water partition coefficient (Wildman–Crippen LogP) is 1.66. The summed E-state index contributed by atoms with van der Waals surface area (Å²) >= 11 is 0.0190. The van der Waals surface area contributed by atoms with Crippen molar-refractivity contribution in [2.75, 3.05) is 6.54 Å². The summed E-state index contributed by atoms with van der Waals surface area (Å²) in [6.07, 6.45) is 2.14. The molecule has 2 aliphatic rings. The van der Waals surface area contributed by atoms with E-state index in [4.69, 9.17) is 0 Å². The molecule has 0 saturated carbocycles. The Hall–Kier alpha value is -1.55. The second kappa shape index (κ2) is 4.73. The molecule has 0 saturated heterocycles. The molecule has 3 nitrogen and oxygen atoms in total. The van der Waals surface area contributed by atoms with E-state index in [9.17, 15) is 8.42 Å². The molecule has 0 aromatic heterocycles. The van der Waals surface area contributed by atoms with Gasteiger partial charge in [-0.05, 0) is 0 Å². The van der Waals surface area contributed by atoms with Crippen molar-refractivity contribution in [2.24, 2.45) is 0 Å². The van der Waals surface area contributed by atoms with Crippen LogP contribution in [0.4, 0.5) is 0 Å². The van der Waals surface area contributed by atoms with Crippen molar-refractivity contribution in [3.63, 3.8) is 0 Å². The maximum atomic E-state index is 12.8. The first-order valence-corrected chi connectivity index (χ1v) is 9.88. The average molecular weight is 362 g/mol. The van der Waals surface area contributed by atoms with Gasteiger partial charge in [-0.1, -0.05) is 0 Å². The first kappa shape index (κ1) is 13.1. The number of sulfonamides is 1. The topological polar surface area (TPSA) is 37.4 Å². The van der Waals surface area contributed by atoms with Crippen LogP contribution in [-0.4, -0.2) is 34.2 Å². The molecule has 4 rings (SSSR count). The van der Waals surface area contributed by atoms with Crippen LogP contribution in [0.1, 0.15) is 11.5 Å². The van der Waals surface area contributed by atoms with Crippen LogP contribution in [0.5, 0.6) is 0 Å². The predicted molar refractivity (Wildman–Crippen MR) is 83.0 cm³/mol. The van der Waals surface area contributed by atoms with E-state index in [2.05, 4.69) is 18.2 Å². The molecule has 21 heavy (non-hydrogen) atoms. The summed E-state index contributed by atoms with van der Waals surface area (Å²) in [6.45, 7) is 0.559. The van der Waals surface area contributed by atoms with E-state index in [1.807, 2.05) is 30.3 Å². The molecule has 0 aliphatic carbocycles.